The van der Waals surface area contributed by atoms with E-state index in [0.29, 0.717) is 12.0 Å². The second kappa shape index (κ2) is 3.67. The molecule has 1 heterocycles. The molecule has 0 saturated carbocycles. The van der Waals surface area contributed by atoms with Crippen LogP contribution in [0.15, 0.2) is 31.0 Å². The van der Waals surface area contributed by atoms with Crippen LogP contribution >= 0.6 is 0 Å². The molecule has 0 radical (unpaired) electrons. The molecule has 0 aromatic carbocycles. The molecule has 0 bridgehead atoms. The maximum absolute atomic E-state index is 11.3. The lowest BCUT2D eigenvalue weighted by molar-refractivity contribution is 0.0996. The van der Waals surface area contributed by atoms with E-state index in [4.69, 9.17) is 5.73 Å². The Labute approximate surface area is 70.9 Å². The third-order valence-corrected chi connectivity index (χ3v) is 1.47. The maximum atomic E-state index is 11.3. The van der Waals surface area contributed by atoms with Crippen LogP contribution in [0.2, 0.25) is 0 Å². The van der Waals surface area contributed by atoms with Gasteiger partial charge in [-0.3, -0.25) is 4.79 Å². The average molecular weight is 162 g/mol. The highest BCUT2D eigenvalue weighted by atomic mass is 16.1. The number of aromatic nitrogens is 1. The normalized spacial score (nSPS) is 9.33. The molecule has 1 aromatic rings. The van der Waals surface area contributed by atoms with Crippen LogP contribution < -0.4 is 5.73 Å². The van der Waals surface area contributed by atoms with Crippen molar-refractivity contribution in [3.05, 3.63) is 36.5 Å². The summed E-state index contributed by atoms with van der Waals surface area (Å²) in [6.45, 7) is 3.47. The van der Waals surface area contributed by atoms with Crippen molar-refractivity contribution in [1.82, 2.24) is 4.98 Å². The van der Waals surface area contributed by atoms with Gasteiger partial charge in [0, 0.05) is 12.6 Å². The van der Waals surface area contributed by atoms with Crippen LogP contribution in [0.1, 0.15) is 16.8 Å². The summed E-state index contributed by atoms with van der Waals surface area (Å²) < 4.78 is 0. The largest absolute Gasteiger partial charge is 0.383 e. The van der Waals surface area contributed by atoms with E-state index in [2.05, 4.69) is 11.6 Å². The number of ketones is 1. The standard InChI is InChI=1S/C9H10N2O/c1-2-4-8(12)7-5-3-6-11-9(7)10/h2-3,5-6H,1,4H2,(H2,10,11). The first kappa shape index (κ1) is 8.46. The Morgan fingerprint density at radius 3 is 3.08 bits per heavy atom. The Bertz CT molecular complexity index is 307. The van der Waals surface area contributed by atoms with Gasteiger partial charge in [0.05, 0.1) is 5.56 Å². The van der Waals surface area contributed by atoms with Crippen molar-refractivity contribution in [1.29, 1.82) is 0 Å². The van der Waals surface area contributed by atoms with Crippen molar-refractivity contribution in [3.8, 4) is 0 Å². The number of nitrogens with two attached hydrogens (primary N) is 1. The van der Waals surface area contributed by atoms with Gasteiger partial charge in [-0.1, -0.05) is 6.08 Å². The number of anilines is 1. The topological polar surface area (TPSA) is 56.0 Å². The molecule has 0 spiro atoms. The number of carbonyl (C=O) groups excluding carboxylic acids is 1. The number of allylic oxidation sites excluding steroid dienone is 1. The molecule has 62 valence electrons. The summed E-state index contributed by atoms with van der Waals surface area (Å²) in [5, 5.41) is 0. The lowest BCUT2D eigenvalue weighted by Gasteiger charge is -1.99. The lowest BCUT2D eigenvalue weighted by Crippen LogP contribution is -2.03. The Morgan fingerprint density at radius 2 is 2.50 bits per heavy atom. The zero-order valence-corrected chi connectivity index (χ0v) is 6.66. The van der Waals surface area contributed by atoms with Gasteiger partial charge in [-0.15, -0.1) is 6.58 Å². The molecule has 3 nitrogen and oxygen atoms in total. The fourth-order valence-electron chi connectivity index (χ4n) is 0.894. The van der Waals surface area contributed by atoms with Crippen LogP contribution in [-0.2, 0) is 0 Å². The minimum Gasteiger partial charge on any atom is -0.383 e. The summed E-state index contributed by atoms with van der Waals surface area (Å²) in [6, 6.07) is 3.35. The SMILES string of the molecule is C=CCC(=O)c1cccnc1N. The molecular formula is C9H10N2O. The van der Waals surface area contributed by atoms with Gasteiger partial charge >= 0.3 is 0 Å². The highest BCUT2D eigenvalue weighted by Gasteiger charge is 2.06. The van der Waals surface area contributed by atoms with E-state index in [1.54, 1.807) is 24.4 Å². The number of Topliss-reactive ketones (excluding diaryl/α,β-unsaturated/α-hetero) is 1. The monoisotopic (exact) mass is 162 g/mol. The molecule has 0 aliphatic heterocycles. The van der Waals surface area contributed by atoms with Gasteiger partial charge in [0.2, 0.25) is 0 Å². The van der Waals surface area contributed by atoms with Crippen LogP contribution in [-0.4, -0.2) is 10.8 Å². The second-order valence-electron chi connectivity index (χ2n) is 2.35. The zero-order valence-electron chi connectivity index (χ0n) is 6.66. The van der Waals surface area contributed by atoms with Crippen molar-refractivity contribution in [2.24, 2.45) is 0 Å². The molecule has 0 fully saturated rings. The molecule has 1 aromatic heterocycles. The third-order valence-electron chi connectivity index (χ3n) is 1.47. The van der Waals surface area contributed by atoms with Gasteiger partial charge in [0.1, 0.15) is 5.82 Å². The number of nitrogens with zero attached hydrogens (tertiary/aromatic N) is 1. The first-order valence-corrected chi connectivity index (χ1v) is 3.60. The highest BCUT2D eigenvalue weighted by Crippen LogP contribution is 2.09. The molecular weight excluding hydrogens is 152 g/mol. The van der Waals surface area contributed by atoms with Crippen molar-refractivity contribution >= 4 is 11.6 Å². The van der Waals surface area contributed by atoms with Gasteiger partial charge in [0.25, 0.3) is 0 Å². The molecule has 2 N–H and O–H groups in total. The third kappa shape index (κ3) is 1.69. The number of nitrogen functional groups attached to an aromatic ring is 1. The summed E-state index contributed by atoms with van der Waals surface area (Å²) in [4.78, 5) is 15.1. The Morgan fingerprint density at radius 1 is 1.75 bits per heavy atom. The van der Waals surface area contributed by atoms with Crippen LogP contribution in [0, 0.1) is 0 Å². The second-order valence-corrected chi connectivity index (χ2v) is 2.35. The molecule has 0 unspecified atom stereocenters. The van der Waals surface area contributed by atoms with E-state index in [0.717, 1.165) is 0 Å². The molecule has 0 aliphatic carbocycles. The van der Waals surface area contributed by atoms with E-state index in [9.17, 15) is 4.79 Å². The van der Waals surface area contributed by atoms with Gasteiger partial charge < -0.3 is 5.73 Å². The highest BCUT2D eigenvalue weighted by molar-refractivity contribution is 6.00. The van der Waals surface area contributed by atoms with E-state index < -0.39 is 0 Å². The van der Waals surface area contributed by atoms with Crippen LogP contribution in [0.4, 0.5) is 5.82 Å². The van der Waals surface area contributed by atoms with Gasteiger partial charge in [-0.25, -0.2) is 4.98 Å². The number of hydrogen-bond acceptors (Lipinski definition) is 3. The first-order valence-electron chi connectivity index (χ1n) is 3.60. The number of hydrogen-bond donors (Lipinski definition) is 1. The predicted molar refractivity (Wildman–Crippen MR) is 47.8 cm³/mol. The molecule has 0 saturated heterocycles. The Kier molecular flexibility index (Phi) is 2.58. The van der Waals surface area contributed by atoms with E-state index in [1.165, 1.54) is 0 Å². The summed E-state index contributed by atoms with van der Waals surface area (Å²) >= 11 is 0. The minimum absolute atomic E-state index is 0.0457. The summed E-state index contributed by atoms with van der Waals surface area (Å²) in [6.07, 6.45) is 3.41. The van der Waals surface area contributed by atoms with Crippen LogP contribution in [0.5, 0.6) is 0 Å². The molecule has 0 atom stereocenters. The fourth-order valence-corrected chi connectivity index (χ4v) is 0.894. The Balaban J connectivity index is 2.94. The van der Waals surface area contributed by atoms with Crippen LogP contribution in [0.25, 0.3) is 0 Å². The molecule has 0 amide bonds. The fraction of sp³-hybridized carbons (Fsp3) is 0.111. The van der Waals surface area contributed by atoms with E-state index in [-0.39, 0.29) is 11.6 Å². The average Bonchev–Trinajstić information content (AvgIpc) is 2.05. The van der Waals surface area contributed by atoms with Gasteiger partial charge in [-0.05, 0) is 12.1 Å². The zero-order chi connectivity index (χ0) is 8.97. The molecule has 0 aliphatic rings. The number of carbonyl (C=O) groups is 1. The molecule has 3 heteroatoms. The summed E-state index contributed by atoms with van der Waals surface area (Å²) in [5.74, 6) is 0.236. The number of pyridine rings is 1. The van der Waals surface area contributed by atoms with E-state index >= 15 is 0 Å². The first-order chi connectivity index (χ1) is 5.75. The number of rotatable bonds is 3. The summed E-state index contributed by atoms with van der Waals surface area (Å²) in [7, 11) is 0. The Hall–Kier alpha value is -1.64. The van der Waals surface area contributed by atoms with E-state index in [1.807, 2.05) is 0 Å². The molecule has 12 heavy (non-hydrogen) atoms. The predicted octanol–water partition coefficient (Wildman–Crippen LogP) is 1.42. The quantitative estimate of drug-likeness (QED) is 0.540. The van der Waals surface area contributed by atoms with Crippen LogP contribution in [0.3, 0.4) is 0 Å². The van der Waals surface area contributed by atoms with Gasteiger partial charge in [0.15, 0.2) is 5.78 Å². The summed E-state index contributed by atoms with van der Waals surface area (Å²) in [5.41, 5.74) is 5.96. The molecule has 1 rings (SSSR count). The van der Waals surface area contributed by atoms with Gasteiger partial charge in [-0.2, -0.15) is 0 Å². The van der Waals surface area contributed by atoms with Crippen molar-refractivity contribution < 1.29 is 4.79 Å². The smallest absolute Gasteiger partial charge is 0.170 e. The maximum Gasteiger partial charge on any atom is 0.170 e. The van der Waals surface area contributed by atoms with Crippen molar-refractivity contribution in [2.45, 2.75) is 6.42 Å². The minimum atomic E-state index is -0.0457. The van der Waals surface area contributed by atoms with Crippen molar-refractivity contribution in [2.75, 3.05) is 5.73 Å². The van der Waals surface area contributed by atoms with Crippen molar-refractivity contribution in [3.63, 3.8) is 0 Å². The lowest BCUT2D eigenvalue weighted by atomic mass is 10.1.